The molecule has 0 atom stereocenters. The zero-order chi connectivity index (χ0) is 16.2. The van der Waals surface area contributed by atoms with Crippen LogP contribution in [-0.4, -0.2) is 58.7 Å². The van der Waals surface area contributed by atoms with Crippen molar-refractivity contribution in [1.29, 1.82) is 0 Å². The number of rotatable bonds is 4. The fourth-order valence-electron chi connectivity index (χ4n) is 2.74. The molecule has 1 amide bonds. The Labute approximate surface area is 136 Å². The molecule has 1 N–H and O–H groups in total. The van der Waals surface area contributed by atoms with Gasteiger partial charge in [0, 0.05) is 51.7 Å². The van der Waals surface area contributed by atoms with Crippen LogP contribution in [0.2, 0.25) is 0 Å². The molecular formula is C17H23N5O. The second-order valence-electron chi connectivity index (χ2n) is 6.11. The SMILES string of the molecule is CN1CCN(Cc2cccc(NC(=O)c3ccn(C)n3)c2)CC1. The number of hydrogen-bond donors (Lipinski definition) is 1. The number of anilines is 1. The molecule has 1 aliphatic rings. The summed E-state index contributed by atoms with van der Waals surface area (Å²) in [4.78, 5) is 17.0. The molecule has 1 aromatic carbocycles. The molecule has 3 rings (SSSR count). The molecule has 1 aromatic heterocycles. The maximum atomic E-state index is 12.2. The average molecular weight is 313 g/mol. The Morgan fingerprint density at radius 3 is 2.65 bits per heavy atom. The van der Waals surface area contributed by atoms with Gasteiger partial charge >= 0.3 is 0 Å². The van der Waals surface area contributed by atoms with Crippen molar-refractivity contribution in [2.45, 2.75) is 6.54 Å². The first kappa shape index (κ1) is 15.7. The Hall–Kier alpha value is -2.18. The molecular weight excluding hydrogens is 290 g/mol. The minimum absolute atomic E-state index is 0.178. The highest BCUT2D eigenvalue weighted by molar-refractivity contribution is 6.02. The number of likely N-dealkylation sites (N-methyl/N-ethyl adjacent to an activating group) is 1. The third-order valence-corrected chi connectivity index (χ3v) is 4.13. The van der Waals surface area contributed by atoms with Crippen LogP contribution in [0, 0.1) is 0 Å². The van der Waals surface area contributed by atoms with Crippen LogP contribution in [0.15, 0.2) is 36.5 Å². The number of amides is 1. The zero-order valence-electron chi connectivity index (χ0n) is 13.7. The number of aryl methyl sites for hydroxylation is 1. The predicted octanol–water partition coefficient (Wildman–Crippen LogP) is 1.42. The molecule has 0 radical (unpaired) electrons. The lowest BCUT2D eigenvalue weighted by molar-refractivity contribution is 0.102. The van der Waals surface area contributed by atoms with E-state index in [-0.39, 0.29) is 5.91 Å². The summed E-state index contributed by atoms with van der Waals surface area (Å²) < 4.78 is 1.62. The number of nitrogens with zero attached hydrogens (tertiary/aromatic N) is 4. The molecule has 6 nitrogen and oxygen atoms in total. The molecule has 0 aliphatic carbocycles. The summed E-state index contributed by atoms with van der Waals surface area (Å²) in [6, 6.07) is 9.76. The smallest absolute Gasteiger partial charge is 0.276 e. The molecule has 122 valence electrons. The lowest BCUT2D eigenvalue weighted by Gasteiger charge is -2.32. The van der Waals surface area contributed by atoms with Gasteiger partial charge in [-0.1, -0.05) is 12.1 Å². The minimum atomic E-state index is -0.178. The summed E-state index contributed by atoms with van der Waals surface area (Å²) in [7, 11) is 3.96. The Morgan fingerprint density at radius 1 is 1.17 bits per heavy atom. The van der Waals surface area contributed by atoms with Gasteiger partial charge in [0.25, 0.3) is 5.91 Å². The van der Waals surface area contributed by atoms with Crippen molar-refractivity contribution in [3.05, 3.63) is 47.8 Å². The average Bonchev–Trinajstić information content (AvgIpc) is 2.97. The summed E-state index contributed by atoms with van der Waals surface area (Å²) in [5, 5.41) is 7.04. The van der Waals surface area contributed by atoms with E-state index < -0.39 is 0 Å². The summed E-state index contributed by atoms with van der Waals surface area (Å²) in [6.07, 6.45) is 1.76. The molecule has 1 aliphatic heterocycles. The molecule has 1 fully saturated rings. The van der Waals surface area contributed by atoms with Crippen molar-refractivity contribution < 1.29 is 4.79 Å². The first-order chi connectivity index (χ1) is 11.1. The van der Waals surface area contributed by atoms with E-state index >= 15 is 0 Å². The number of piperazine rings is 1. The summed E-state index contributed by atoms with van der Waals surface area (Å²) in [6.45, 7) is 5.30. The van der Waals surface area contributed by atoms with E-state index in [1.165, 1.54) is 5.56 Å². The summed E-state index contributed by atoms with van der Waals surface area (Å²) in [5.74, 6) is -0.178. The third kappa shape index (κ3) is 4.18. The lowest BCUT2D eigenvalue weighted by atomic mass is 10.1. The van der Waals surface area contributed by atoms with Gasteiger partial charge in [0.05, 0.1) is 0 Å². The fraction of sp³-hybridized carbons (Fsp3) is 0.412. The predicted molar refractivity (Wildman–Crippen MR) is 90.4 cm³/mol. The van der Waals surface area contributed by atoms with Crippen molar-refractivity contribution in [3.8, 4) is 0 Å². The first-order valence-electron chi connectivity index (χ1n) is 7.91. The molecule has 23 heavy (non-hydrogen) atoms. The minimum Gasteiger partial charge on any atom is -0.321 e. The molecule has 0 bridgehead atoms. The van der Waals surface area contributed by atoms with Gasteiger partial charge in [-0.25, -0.2) is 0 Å². The summed E-state index contributed by atoms with van der Waals surface area (Å²) >= 11 is 0. The van der Waals surface area contributed by atoms with E-state index in [9.17, 15) is 4.79 Å². The number of carbonyl (C=O) groups is 1. The second-order valence-corrected chi connectivity index (χ2v) is 6.11. The topological polar surface area (TPSA) is 53.4 Å². The van der Waals surface area contributed by atoms with Gasteiger partial charge in [-0.15, -0.1) is 0 Å². The van der Waals surface area contributed by atoms with Crippen LogP contribution in [0.4, 0.5) is 5.69 Å². The Balaban J connectivity index is 1.62. The number of benzene rings is 1. The molecule has 2 heterocycles. The van der Waals surface area contributed by atoms with Gasteiger partial charge in [-0.2, -0.15) is 5.10 Å². The van der Waals surface area contributed by atoms with E-state index in [1.807, 2.05) is 18.2 Å². The van der Waals surface area contributed by atoms with Crippen LogP contribution in [0.1, 0.15) is 16.1 Å². The van der Waals surface area contributed by atoms with Crippen molar-refractivity contribution in [2.75, 3.05) is 38.5 Å². The van der Waals surface area contributed by atoms with Crippen LogP contribution >= 0.6 is 0 Å². The van der Waals surface area contributed by atoms with Crippen LogP contribution in [-0.2, 0) is 13.6 Å². The van der Waals surface area contributed by atoms with Gasteiger partial charge in [0.1, 0.15) is 0 Å². The Morgan fingerprint density at radius 2 is 1.96 bits per heavy atom. The second kappa shape index (κ2) is 6.93. The van der Waals surface area contributed by atoms with Crippen LogP contribution in [0.5, 0.6) is 0 Å². The van der Waals surface area contributed by atoms with Gasteiger partial charge in [0.2, 0.25) is 0 Å². The maximum Gasteiger partial charge on any atom is 0.276 e. The number of nitrogens with one attached hydrogen (secondary N) is 1. The van der Waals surface area contributed by atoms with Gasteiger partial charge in [0.15, 0.2) is 5.69 Å². The third-order valence-electron chi connectivity index (χ3n) is 4.13. The summed E-state index contributed by atoms with van der Waals surface area (Å²) in [5.41, 5.74) is 2.46. The molecule has 2 aromatic rings. The van der Waals surface area contributed by atoms with E-state index in [2.05, 4.69) is 33.3 Å². The van der Waals surface area contributed by atoms with Crippen molar-refractivity contribution in [2.24, 2.45) is 7.05 Å². The van der Waals surface area contributed by atoms with Crippen LogP contribution in [0.25, 0.3) is 0 Å². The standard InChI is InChI=1S/C17H23N5O/c1-20-8-10-22(11-9-20)13-14-4-3-5-15(12-14)18-17(23)16-6-7-21(2)19-16/h3-7,12H,8-11,13H2,1-2H3,(H,18,23). The van der Waals surface area contributed by atoms with E-state index in [0.717, 1.165) is 38.4 Å². The highest BCUT2D eigenvalue weighted by Crippen LogP contribution is 2.14. The lowest BCUT2D eigenvalue weighted by Crippen LogP contribution is -2.43. The molecule has 1 saturated heterocycles. The molecule has 0 unspecified atom stereocenters. The van der Waals surface area contributed by atoms with Crippen molar-refractivity contribution in [1.82, 2.24) is 19.6 Å². The van der Waals surface area contributed by atoms with E-state index in [1.54, 1.807) is 24.0 Å². The number of hydrogen-bond acceptors (Lipinski definition) is 4. The number of carbonyl (C=O) groups excluding carboxylic acids is 1. The maximum absolute atomic E-state index is 12.2. The largest absolute Gasteiger partial charge is 0.321 e. The Bertz CT molecular complexity index is 673. The van der Waals surface area contributed by atoms with Gasteiger partial charge in [-0.3, -0.25) is 14.4 Å². The van der Waals surface area contributed by atoms with E-state index in [4.69, 9.17) is 0 Å². The monoisotopic (exact) mass is 313 g/mol. The number of aromatic nitrogens is 2. The normalized spacial score (nSPS) is 16.4. The van der Waals surface area contributed by atoms with Crippen LogP contribution in [0.3, 0.4) is 0 Å². The van der Waals surface area contributed by atoms with Crippen molar-refractivity contribution >= 4 is 11.6 Å². The highest BCUT2D eigenvalue weighted by Gasteiger charge is 2.14. The van der Waals surface area contributed by atoms with Crippen LogP contribution < -0.4 is 5.32 Å². The van der Waals surface area contributed by atoms with E-state index in [0.29, 0.717) is 5.69 Å². The molecule has 0 saturated carbocycles. The van der Waals surface area contributed by atoms with Crippen molar-refractivity contribution in [3.63, 3.8) is 0 Å². The van der Waals surface area contributed by atoms with Gasteiger partial charge in [-0.05, 0) is 30.8 Å². The quantitative estimate of drug-likeness (QED) is 0.927. The van der Waals surface area contributed by atoms with Gasteiger partial charge < -0.3 is 10.2 Å². The zero-order valence-corrected chi connectivity index (χ0v) is 13.7. The first-order valence-corrected chi connectivity index (χ1v) is 7.91. The Kier molecular flexibility index (Phi) is 4.73. The molecule has 6 heteroatoms. The fourth-order valence-corrected chi connectivity index (χ4v) is 2.74. The highest BCUT2D eigenvalue weighted by atomic mass is 16.1. The molecule has 0 spiro atoms.